The van der Waals surface area contributed by atoms with Gasteiger partial charge in [0.05, 0.1) is 27.5 Å². The molecule has 40 heavy (non-hydrogen) atoms. The Labute approximate surface area is 229 Å². The number of nitrogens with zero attached hydrogens (tertiary/aromatic N) is 4. The molecular weight excluding hydrogens is 545 g/mol. The first-order chi connectivity index (χ1) is 18.9. The van der Waals surface area contributed by atoms with Crippen molar-refractivity contribution in [1.29, 1.82) is 0 Å². The van der Waals surface area contributed by atoms with Crippen molar-refractivity contribution in [2.24, 2.45) is 5.92 Å². The van der Waals surface area contributed by atoms with Gasteiger partial charge >= 0.3 is 6.18 Å². The molecule has 0 unspecified atom stereocenters. The molecule has 0 amide bonds. The molecule has 4 aromatic rings. The Balaban J connectivity index is 1.59. The van der Waals surface area contributed by atoms with E-state index in [2.05, 4.69) is 9.97 Å². The molecule has 3 aromatic heterocycles. The maximum atomic E-state index is 13.7. The zero-order valence-corrected chi connectivity index (χ0v) is 23.1. The summed E-state index contributed by atoms with van der Waals surface area (Å²) in [5, 5.41) is 0. The molecule has 0 atom stereocenters. The van der Waals surface area contributed by atoms with Gasteiger partial charge in [-0.2, -0.15) is 18.2 Å². The minimum absolute atomic E-state index is 0.0157. The summed E-state index contributed by atoms with van der Waals surface area (Å²) in [5.41, 5.74) is 2.03. The summed E-state index contributed by atoms with van der Waals surface area (Å²) < 4.78 is 75.3. The molecule has 0 bridgehead atoms. The van der Waals surface area contributed by atoms with Gasteiger partial charge in [-0.05, 0) is 64.7 Å². The monoisotopic (exact) mass is 574 g/mol. The van der Waals surface area contributed by atoms with Crippen LogP contribution >= 0.6 is 0 Å². The van der Waals surface area contributed by atoms with Crippen molar-refractivity contribution in [1.82, 2.24) is 18.5 Å². The number of hydrogen-bond acceptors (Lipinski definition) is 6. The molecule has 1 aromatic carbocycles. The lowest BCUT2D eigenvalue weighted by molar-refractivity contribution is -0.185. The van der Waals surface area contributed by atoms with Crippen molar-refractivity contribution < 1.29 is 26.3 Å². The molecule has 1 aliphatic carbocycles. The van der Waals surface area contributed by atoms with E-state index in [1.807, 2.05) is 6.92 Å². The first-order valence-electron chi connectivity index (χ1n) is 13.0. The number of alkyl halides is 3. The van der Waals surface area contributed by atoms with Crippen molar-refractivity contribution in [3.63, 3.8) is 0 Å². The summed E-state index contributed by atoms with van der Waals surface area (Å²) in [4.78, 5) is 21.7. The third-order valence-corrected chi connectivity index (χ3v) is 9.00. The highest BCUT2D eigenvalue weighted by atomic mass is 32.2. The molecule has 0 saturated heterocycles. The van der Waals surface area contributed by atoms with E-state index in [-0.39, 0.29) is 48.6 Å². The van der Waals surface area contributed by atoms with Crippen molar-refractivity contribution >= 4 is 21.1 Å². The number of fused-ring (bicyclic) bond motifs is 1. The zero-order valence-electron chi connectivity index (χ0n) is 22.3. The highest BCUT2D eigenvalue weighted by Gasteiger charge is 2.42. The topological polar surface area (TPSA) is 96.1 Å². The van der Waals surface area contributed by atoms with E-state index in [9.17, 15) is 26.4 Å². The van der Waals surface area contributed by atoms with Gasteiger partial charge in [-0.15, -0.1) is 0 Å². The Morgan fingerprint density at radius 2 is 1.68 bits per heavy atom. The Bertz CT molecular complexity index is 1720. The van der Waals surface area contributed by atoms with Crippen LogP contribution < -0.4 is 10.3 Å². The Morgan fingerprint density at radius 3 is 2.30 bits per heavy atom. The number of hydrogen-bond donors (Lipinski definition) is 0. The van der Waals surface area contributed by atoms with Gasteiger partial charge in [0, 0.05) is 30.4 Å². The molecule has 0 aliphatic heterocycles. The van der Waals surface area contributed by atoms with Crippen LogP contribution in [-0.2, 0) is 16.6 Å². The van der Waals surface area contributed by atoms with E-state index in [1.54, 1.807) is 26.0 Å². The fourth-order valence-corrected chi connectivity index (χ4v) is 6.58. The van der Waals surface area contributed by atoms with Crippen LogP contribution in [0.5, 0.6) is 5.88 Å². The van der Waals surface area contributed by atoms with Gasteiger partial charge in [0.1, 0.15) is 11.9 Å². The predicted molar refractivity (Wildman–Crippen MR) is 144 cm³/mol. The normalized spacial score (nSPS) is 18.2. The van der Waals surface area contributed by atoms with Gasteiger partial charge in [0.15, 0.2) is 0 Å². The van der Waals surface area contributed by atoms with Crippen molar-refractivity contribution in [2.75, 3.05) is 0 Å². The number of ether oxygens (including phenoxy) is 1. The summed E-state index contributed by atoms with van der Waals surface area (Å²) >= 11 is 0. The van der Waals surface area contributed by atoms with Crippen molar-refractivity contribution in [2.45, 2.75) is 70.2 Å². The fourth-order valence-electron chi connectivity index (χ4n) is 5.22. The van der Waals surface area contributed by atoms with Gasteiger partial charge in [-0.3, -0.25) is 4.79 Å². The maximum absolute atomic E-state index is 13.7. The lowest BCUT2D eigenvalue weighted by atomic mass is 9.87. The first kappa shape index (κ1) is 27.9. The number of rotatable bonds is 6. The highest BCUT2D eigenvalue weighted by Crippen LogP contribution is 2.39. The van der Waals surface area contributed by atoms with Crippen molar-refractivity contribution in [3.8, 4) is 17.1 Å². The number of aryl methyl sites for hydroxylation is 3. The van der Waals surface area contributed by atoms with Crippen LogP contribution in [-0.4, -0.2) is 39.2 Å². The van der Waals surface area contributed by atoms with E-state index < -0.39 is 28.2 Å². The Kier molecular flexibility index (Phi) is 7.24. The molecule has 0 N–H and O–H groups in total. The molecule has 1 fully saturated rings. The van der Waals surface area contributed by atoms with E-state index in [4.69, 9.17) is 4.74 Å². The smallest absolute Gasteiger partial charge is 0.391 e. The van der Waals surface area contributed by atoms with Gasteiger partial charge < -0.3 is 9.30 Å². The highest BCUT2D eigenvalue weighted by molar-refractivity contribution is 7.90. The fraction of sp³-hybridized carbons (Fsp3) is 0.393. The third kappa shape index (κ3) is 5.24. The molecule has 0 spiro atoms. The minimum atomic E-state index is -4.22. The lowest BCUT2D eigenvalue weighted by Crippen LogP contribution is -2.32. The SMILES string of the molecule is CCn1c(=O)ccc2c1c(-c1cc(OC3CCC(C(F)(F)F)CC3)nc(C)n1)cn2S(=O)(=O)c1ccc(C)cc1. The average Bonchev–Trinajstić information content (AvgIpc) is 3.29. The number of aromatic nitrogens is 4. The molecule has 3 heterocycles. The predicted octanol–water partition coefficient (Wildman–Crippen LogP) is 5.63. The van der Waals surface area contributed by atoms with Gasteiger partial charge in [0.2, 0.25) is 5.88 Å². The Morgan fingerprint density at radius 1 is 1.00 bits per heavy atom. The summed E-state index contributed by atoms with van der Waals surface area (Å²) in [6.45, 7) is 5.58. The summed E-state index contributed by atoms with van der Waals surface area (Å²) in [5.74, 6) is -0.816. The van der Waals surface area contributed by atoms with E-state index in [0.717, 1.165) is 9.54 Å². The molecule has 5 rings (SSSR count). The number of halogens is 3. The van der Waals surface area contributed by atoms with Crippen LogP contribution in [0.3, 0.4) is 0 Å². The van der Waals surface area contributed by atoms with Crippen LogP contribution in [0.15, 0.2) is 58.4 Å². The molecule has 12 heteroatoms. The van der Waals surface area contributed by atoms with E-state index >= 15 is 0 Å². The summed E-state index contributed by atoms with van der Waals surface area (Å²) in [6, 6.07) is 10.8. The minimum Gasteiger partial charge on any atom is -0.474 e. The van der Waals surface area contributed by atoms with Crippen LogP contribution in [0.1, 0.15) is 44.0 Å². The van der Waals surface area contributed by atoms with Crippen LogP contribution in [0.25, 0.3) is 22.3 Å². The maximum Gasteiger partial charge on any atom is 0.391 e. The molecular formula is C28H29F3N4O4S. The second-order valence-electron chi connectivity index (χ2n) is 10.1. The number of pyridine rings is 1. The van der Waals surface area contributed by atoms with E-state index in [1.165, 1.54) is 41.1 Å². The second-order valence-corrected chi connectivity index (χ2v) is 11.9. The van der Waals surface area contributed by atoms with Crippen LogP contribution in [0.2, 0.25) is 0 Å². The van der Waals surface area contributed by atoms with Gasteiger partial charge in [-0.25, -0.2) is 17.4 Å². The Hall–Kier alpha value is -3.67. The summed E-state index contributed by atoms with van der Waals surface area (Å²) in [6.07, 6.45) is -2.76. The van der Waals surface area contributed by atoms with Crippen LogP contribution in [0.4, 0.5) is 13.2 Å². The number of benzene rings is 1. The lowest BCUT2D eigenvalue weighted by Gasteiger charge is -2.29. The largest absolute Gasteiger partial charge is 0.474 e. The molecule has 0 radical (unpaired) electrons. The van der Waals surface area contributed by atoms with E-state index in [0.29, 0.717) is 28.1 Å². The molecule has 212 valence electrons. The van der Waals surface area contributed by atoms with Gasteiger partial charge in [0.25, 0.3) is 15.6 Å². The molecule has 1 aliphatic rings. The standard InChI is InChI=1S/C28H29F3N4O4S/c1-4-34-26(36)14-13-24-27(34)22(16-35(24)40(37,38)21-11-5-17(2)6-12-21)23-15-25(33-18(3)32-23)39-20-9-7-19(8-10-20)28(29,30)31/h5-6,11-16,19-20H,4,7-10H2,1-3H3. The van der Waals surface area contributed by atoms with Gasteiger partial charge in [-0.1, -0.05) is 17.7 Å². The molecule has 8 nitrogen and oxygen atoms in total. The van der Waals surface area contributed by atoms with Crippen molar-refractivity contribution in [3.05, 3.63) is 70.4 Å². The second kappa shape index (κ2) is 10.4. The van der Waals surface area contributed by atoms with Crippen LogP contribution in [0, 0.1) is 19.8 Å². The zero-order chi connectivity index (χ0) is 28.8. The first-order valence-corrected chi connectivity index (χ1v) is 14.5. The quantitative estimate of drug-likeness (QED) is 0.296. The molecule has 1 saturated carbocycles. The summed E-state index contributed by atoms with van der Waals surface area (Å²) in [7, 11) is -4.03. The average molecular weight is 575 g/mol. The third-order valence-electron chi connectivity index (χ3n) is 7.31.